The average molecular weight is 533 g/mol. The van der Waals surface area contributed by atoms with Crippen LogP contribution in [0, 0.1) is 3.57 Å². The molecule has 0 aliphatic heterocycles. The van der Waals surface area contributed by atoms with Crippen molar-refractivity contribution in [2.45, 2.75) is 19.3 Å². The van der Waals surface area contributed by atoms with Crippen LogP contribution >= 0.6 is 22.6 Å². The van der Waals surface area contributed by atoms with E-state index < -0.39 is 0 Å². The van der Waals surface area contributed by atoms with Crippen molar-refractivity contribution in [3.8, 4) is 28.3 Å². The number of halogens is 1. The van der Waals surface area contributed by atoms with Gasteiger partial charge in [0.25, 0.3) is 0 Å². The van der Waals surface area contributed by atoms with Crippen LogP contribution in [0.25, 0.3) is 22.5 Å². The molecule has 0 saturated carbocycles. The third-order valence-corrected chi connectivity index (χ3v) is 6.25. The van der Waals surface area contributed by atoms with E-state index in [1.54, 1.807) is 12.1 Å². The first kappa shape index (κ1) is 20.6. The van der Waals surface area contributed by atoms with E-state index in [1.165, 1.54) is 0 Å². The van der Waals surface area contributed by atoms with E-state index in [-0.39, 0.29) is 18.1 Å². The topological polar surface area (TPSA) is 75.1 Å². The average Bonchev–Trinajstić information content (AvgIpc) is 2.80. The normalized spacial score (nSPS) is 12.0. The third-order valence-electron chi connectivity index (χ3n) is 5.53. The van der Waals surface area contributed by atoms with Gasteiger partial charge in [-0.3, -0.25) is 4.79 Å². The van der Waals surface area contributed by atoms with Gasteiger partial charge < -0.3 is 10.4 Å². The summed E-state index contributed by atoms with van der Waals surface area (Å²) in [5.74, 6) is 0.606. The summed E-state index contributed by atoms with van der Waals surface area (Å²) in [6.45, 7) is 0. The lowest BCUT2D eigenvalue weighted by Crippen LogP contribution is -2.18. The van der Waals surface area contributed by atoms with Crippen molar-refractivity contribution in [3.05, 3.63) is 93.2 Å². The number of fused-ring (bicyclic) bond motifs is 3. The van der Waals surface area contributed by atoms with Crippen LogP contribution in [0.4, 0.5) is 5.82 Å². The number of hydrogen-bond acceptors (Lipinski definition) is 4. The third kappa shape index (κ3) is 4.23. The SMILES string of the molecule is O=C(Cc1ccc(I)cc1)Nc1nc2c(nc1-c1ccccc1)-c1ccc(O)cc1CC2. The number of amides is 1. The van der Waals surface area contributed by atoms with Gasteiger partial charge in [0.2, 0.25) is 5.91 Å². The van der Waals surface area contributed by atoms with Crippen molar-refractivity contribution < 1.29 is 9.90 Å². The van der Waals surface area contributed by atoms with Crippen LogP contribution in [0.3, 0.4) is 0 Å². The molecule has 0 radical (unpaired) electrons. The molecule has 5 nitrogen and oxygen atoms in total. The maximum atomic E-state index is 12.8. The van der Waals surface area contributed by atoms with Gasteiger partial charge >= 0.3 is 0 Å². The lowest BCUT2D eigenvalue weighted by atomic mass is 9.91. The molecule has 4 aromatic rings. The summed E-state index contributed by atoms with van der Waals surface area (Å²) in [6.07, 6.45) is 1.74. The van der Waals surface area contributed by atoms with Crippen LogP contribution in [-0.2, 0) is 24.1 Å². The van der Waals surface area contributed by atoms with Crippen molar-refractivity contribution in [2.24, 2.45) is 0 Å². The minimum Gasteiger partial charge on any atom is -0.508 e. The smallest absolute Gasteiger partial charge is 0.230 e. The first-order valence-corrected chi connectivity index (χ1v) is 11.5. The van der Waals surface area contributed by atoms with Crippen molar-refractivity contribution in [1.82, 2.24) is 9.97 Å². The summed E-state index contributed by atoms with van der Waals surface area (Å²) in [5, 5.41) is 12.9. The number of phenolic OH excluding ortho intramolecular Hbond substituents is 1. The van der Waals surface area contributed by atoms with Gasteiger partial charge in [-0.15, -0.1) is 0 Å². The number of hydrogen-bond donors (Lipinski definition) is 2. The molecule has 0 bridgehead atoms. The Kier molecular flexibility index (Phi) is 5.61. The molecule has 0 spiro atoms. The highest BCUT2D eigenvalue weighted by atomic mass is 127. The van der Waals surface area contributed by atoms with Gasteiger partial charge in [0, 0.05) is 14.7 Å². The lowest BCUT2D eigenvalue weighted by Gasteiger charge is -2.21. The number of benzene rings is 3. The maximum absolute atomic E-state index is 12.8. The fraction of sp³-hybridized carbons (Fsp3) is 0.115. The van der Waals surface area contributed by atoms with Crippen LogP contribution in [0.15, 0.2) is 72.8 Å². The summed E-state index contributed by atoms with van der Waals surface area (Å²) < 4.78 is 1.13. The molecule has 0 unspecified atom stereocenters. The summed E-state index contributed by atoms with van der Waals surface area (Å²) in [5.41, 5.74) is 6.17. The van der Waals surface area contributed by atoms with Gasteiger partial charge in [-0.1, -0.05) is 42.5 Å². The Morgan fingerprint density at radius 2 is 1.72 bits per heavy atom. The number of rotatable bonds is 4. The largest absolute Gasteiger partial charge is 0.508 e. The summed E-state index contributed by atoms with van der Waals surface area (Å²) in [4.78, 5) is 22.7. The highest BCUT2D eigenvalue weighted by molar-refractivity contribution is 14.1. The van der Waals surface area contributed by atoms with Gasteiger partial charge in [0.1, 0.15) is 11.4 Å². The Morgan fingerprint density at radius 1 is 0.938 bits per heavy atom. The zero-order chi connectivity index (χ0) is 22.1. The van der Waals surface area contributed by atoms with Crippen LogP contribution in [0.5, 0.6) is 5.75 Å². The van der Waals surface area contributed by atoms with Gasteiger partial charge in [0.15, 0.2) is 5.82 Å². The Hall–Kier alpha value is -3.26. The Balaban J connectivity index is 1.54. The number of aromatic nitrogens is 2. The van der Waals surface area contributed by atoms with E-state index in [9.17, 15) is 9.90 Å². The number of carbonyl (C=O) groups excluding carboxylic acids is 1. The molecule has 1 heterocycles. The molecular formula is C26H20IN3O2. The second-order valence-corrected chi connectivity index (χ2v) is 9.02. The first-order valence-electron chi connectivity index (χ1n) is 10.4. The van der Waals surface area contributed by atoms with Crippen molar-refractivity contribution in [1.29, 1.82) is 0 Å². The fourth-order valence-electron chi connectivity index (χ4n) is 3.98. The molecule has 6 heteroatoms. The Bertz CT molecular complexity index is 1300. The molecule has 1 aliphatic rings. The zero-order valence-electron chi connectivity index (χ0n) is 17.2. The van der Waals surface area contributed by atoms with Gasteiger partial charge in [-0.05, 0) is 76.9 Å². The van der Waals surface area contributed by atoms with E-state index in [2.05, 4.69) is 27.9 Å². The standard InChI is InChI=1S/C26H20IN3O2/c27-19-9-6-16(7-10-19)14-23(32)29-26-24(17-4-2-1-3-5-17)30-25-21-12-11-20(31)15-18(21)8-13-22(25)28-26/h1-7,9-12,15,31H,8,13-14H2,(H,28,29,32). The molecule has 0 saturated heterocycles. The van der Waals surface area contributed by atoms with Gasteiger partial charge in [-0.2, -0.15) is 0 Å². The highest BCUT2D eigenvalue weighted by Gasteiger charge is 2.23. The second kappa shape index (κ2) is 8.70. The number of aromatic hydroxyl groups is 1. The predicted molar refractivity (Wildman–Crippen MR) is 133 cm³/mol. The second-order valence-electron chi connectivity index (χ2n) is 7.78. The van der Waals surface area contributed by atoms with E-state index in [1.807, 2.05) is 60.7 Å². The van der Waals surface area contributed by atoms with Crippen LogP contribution in [0.1, 0.15) is 16.8 Å². The summed E-state index contributed by atoms with van der Waals surface area (Å²) in [6, 6.07) is 23.0. The highest BCUT2D eigenvalue weighted by Crippen LogP contribution is 2.36. The molecule has 5 rings (SSSR count). The molecule has 1 aliphatic carbocycles. The lowest BCUT2D eigenvalue weighted by molar-refractivity contribution is -0.115. The van der Waals surface area contributed by atoms with Gasteiger partial charge in [0.05, 0.1) is 17.8 Å². The van der Waals surface area contributed by atoms with E-state index in [0.717, 1.165) is 43.6 Å². The van der Waals surface area contributed by atoms with Crippen molar-refractivity contribution >= 4 is 34.3 Å². The number of nitrogens with zero attached hydrogens (tertiary/aromatic N) is 2. The molecule has 1 aromatic heterocycles. The summed E-state index contributed by atoms with van der Waals surface area (Å²) in [7, 11) is 0. The van der Waals surface area contributed by atoms with Crippen LogP contribution < -0.4 is 5.32 Å². The van der Waals surface area contributed by atoms with E-state index >= 15 is 0 Å². The monoisotopic (exact) mass is 533 g/mol. The minimum atomic E-state index is -0.126. The maximum Gasteiger partial charge on any atom is 0.230 e. The Labute approximate surface area is 199 Å². The van der Waals surface area contributed by atoms with Crippen LogP contribution in [0.2, 0.25) is 0 Å². The Morgan fingerprint density at radius 3 is 2.50 bits per heavy atom. The van der Waals surface area contributed by atoms with Crippen molar-refractivity contribution in [3.63, 3.8) is 0 Å². The molecule has 158 valence electrons. The van der Waals surface area contributed by atoms with E-state index in [0.29, 0.717) is 17.9 Å². The predicted octanol–water partition coefficient (Wildman–Crippen LogP) is 5.40. The molecule has 0 atom stereocenters. The molecule has 32 heavy (non-hydrogen) atoms. The molecule has 1 amide bonds. The number of anilines is 1. The number of aryl methyl sites for hydroxylation is 2. The number of carbonyl (C=O) groups is 1. The molecule has 3 aromatic carbocycles. The number of phenols is 1. The zero-order valence-corrected chi connectivity index (χ0v) is 19.3. The molecule has 2 N–H and O–H groups in total. The first-order chi connectivity index (χ1) is 15.6. The number of nitrogens with one attached hydrogen (secondary N) is 1. The fourth-order valence-corrected chi connectivity index (χ4v) is 4.34. The minimum absolute atomic E-state index is 0.126. The van der Waals surface area contributed by atoms with Crippen molar-refractivity contribution in [2.75, 3.05) is 5.32 Å². The molecule has 0 fully saturated rings. The van der Waals surface area contributed by atoms with Gasteiger partial charge in [-0.25, -0.2) is 9.97 Å². The molecular weight excluding hydrogens is 513 g/mol. The van der Waals surface area contributed by atoms with Crippen LogP contribution in [-0.4, -0.2) is 21.0 Å². The summed E-state index contributed by atoms with van der Waals surface area (Å²) >= 11 is 2.25. The van der Waals surface area contributed by atoms with E-state index in [4.69, 9.17) is 9.97 Å². The quantitative estimate of drug-likeness (QED) is 0.345.